The summed E-state index contributed by atoms with van der Waals surface area (Å²) < 4.78 is 39.9. The number of carbonyl (C=O) groups excluding carboxylic acids is 1. The minimum Gasteiger partial charge on any atom is -0.355 e. The Bertz CT molecular complexity index is 599. The second-order valence-electron chi connectivity index (χ2n) is 6.69. The number of halogens is 4. The highest BCUT2D eigenvalue weighted by molar-refractivity contribution is 9.10. The average molecular weight is 394 g/mol. The van der Waals surface area contributed by atoms with E-state index < -0.39 is 11.7 Å². The molecule has 1 saturated heterocycles. The Balaban J connectivity index is 2.18. The molecule has 2 rings (SSSR count). The molecule has 128 valence electrons. The molecule has 1 aliphatic heterocycles. The fourth-order valence-corrected chi connectivity index (χ4v) is 2.86. The van der Waals surface area contributed by atoms with Gasteiger partial charge in [0.15, 0.2) is 0 Å². The molecule has 8 heteroatoms. The van der Waals surface area contributed by atoms with E-state index in [1.165, 1.54) is 11.1 Å². The van der Waals surface area contributed by atoms with Crippen LogP contribution in [0.15, 0.2) is 16.7 Å². The van der Waals surface area contributed by atoms with Crippen LogP contribution in [0.25, 0.3) is 0 Å². The lowest BCUT2D eigenvalue weighted by Gasteiger charge is -2.24. The fraction of sp³-hybridized carbons (Fsp3) is 0.600. The number of aromatic nitrogens is 1. The number of nitrogens with one attached hydrogen (secondary N) is 1. The van der Waals surface area contributed by atoms with Crippen LogP contribution in [0.5, 0.6) is 0 Å². The molecule has 0 radical (unpaired) electrons. The summed E-state index contributed by atoms with van der Waals surface area (Å²) in [7, 11) is 0. The Morgan fingerprint density at radius 1 is 1.39 bits per heavy atom. The number of anilines is 1. The van der Waals surface area contributed by atoms with Gasteiger partial charge in [-0.1, -0.05) is 0 Å². The molecule has 4 nitrogen and oxygen atoms in total. The molecule has 1 atom stereocenters. The van der Waals surface area contributed by atoms with Gasteiger partial charge in [-0.05, 0) is 49.2 Å². The highest BCUT2D eigenvalue weighted by Gasteiger charge is 2.39. The summed E-state index contributed by atoms with van der Waals surface area (Å²) in [5.74, 6) is -0.585. The van der Waals surface area contributed by atoms with Gasteiger partial charge in [0, 0.05) is 29.3 Å². The number of nitrogens with zero attached hydrogens (tertiary/aromatic N) is 2. The third-order valence-corrected chi connectivity index (χ3v) is 3.93. The minimum absolute atomic E-state index is 0.119. The fourth-order valence-electron chi connectivity index (χ4n) is 2.53. The summed E-state index contributed by atoms with van der Waals surface area (Å²) >= 11 is 3.02. The predicted molar refractivity (Wildman–Crippen MR) is 85.2 cm³/mol. The van der Waals surface area contributed by atoms with Gasteiger partial charge in [0.25, 0.3) is 0 Å². The molecule has 0 bridgehead atoms. The normalized spacial score (nSPS) is 19.1. The summed E-state index contributed by atoms with van der Waals surface area (Å²) in [6.07, 6.45) is -2.64. The van der Waals surface area contributed by atoms with E-state index in [1.54, 1.807) is 0 Å². The van der Waals surface area contributed by atoms with E-state index in [-0.39, 0.29) is 34.2 Å². The van der Waals surface area contributed by atoms with Crippen LogP contribution in [-0.4, -0.2) is 29.5 Å². The van der Waals surface area contributed by atoms with E-state index in [1.807, 2.05) is 20.8 Å². The second kappa shape index (κ2) is 6.30. The van der Waals surface area contributed by atoms with E-state index in [4.69, 9.17) is 0 Å². The minimum atomic E-state index is -4.49. The molecule has 0 spiro atoms. The first kappa shape index (κ1) is 18.0. The number of hydrogen-bond acceptors (Lipinski definition) is 3. The first-order valence-corrected chi connectivity index (χ1v) is 8.06. The molecule has 1 unspecified atom stereocenters. The van der Waals surface area contributed by atoms with Gasteiger partial charge in [-0.3, -0.25) is 4.79 Å². The highest BCUT2D eigenvalue weighted by Crippen LogP contribution is 2.38. The largest absolute Gasteiger partial charge is 0.419 e. The zero-order chi connectivity index (χ0) is 17.4. The molecule has 2 heterocycles. The number of amides is 1. The zero-order valence-corrected chi connectivity index (χ0v) is 14.8. The Labute approximate surface area is 141 Å². The van der Waals surface area contributed by atoms with Crippen molar-refractivity contribution in [3.8, 4) is 0 Å². The summed E-state index contributed by atoms with van der Waals surface area (Å²) in [4.78, 5) is 17.6. The quantitative estimate of drug-likeness (QED) is 0.834. The lowest BCUT2D eigenvalue weighted by molar-refractivity contribution is -0.137. The van der Waals surface area contributed by atoms with Crippen LogP contribution in [0.1, 0.15) is 32.8 Å². The second-order valence-corrected chi connectivity index (χ2v) is 7.61. The van der Waals surface area contributed by atoms with Crippen LogP contribution in [0.4, 0.5) is 19.0 Å². The van der Waals surface area contributed by atoms with Gasteiger partial charge < -0.3 is 10.2 Å². The lowest BCUT2D eigenvalue weighted by atomic mass is 10.0. The summed E-state index contributed by atoms with van der Waals surface area (Å²) in [5.41, 5.74) is -1.15. The first-order valence-electron chi connectivity index (χ1n) is 7.27. The standard InChI is InChI=1S/C15H19BrF3N3O/c1-14(2,3)21-13(23)9-4-5-22(8-9)12-11(15(17,18)19)6-10(16)7-20-12/h6-7,9H,4-5,8H2,1-3H3,(H,21,23). The van der Waals surface area contributed by atoms with Crippen LogP contribution in [0.2, 0.25) is 0 Å². The van der Waals surface area contributed by atoms with Crippen molar-refractivity contribution < 1.29 is 18.0 Å². The molecule has 1 fully saturated rings. The van der Waals surface area contributed by atoms with Crippen molar-refractivity contribution in [2.45, 2.75) is 38.9 Å². The molecular formula is C15H19BrF3N3O. The monoisotopic (exact) mass is 393 g/mol. The van der Waals surface area contributed by atoms with Gasteiger partial charge in [-0.15, -0.1) is 0 Å². The van der Waals surface area contributed by atoms with Gasteiger partial charge >= 0.3 is 6.18 Å². The Morgan fingerprint density at radius 3 is 2.61 bits per heavy atom. The van der Waals surface area contributed by atoms with E-state index >= 15 is 0 Å². The van der Waals surface area contributed by atoms with Crippen molar-refractivity contribution in [1.29, 1.82) is 0 Å². The summed E-state index contributed by atoms with van der Waals surface area (Å²) in [5, 5.41) is 2.87. The zero-order valence-electron chi connectivity index (χ0n) is 13.2. The third kappa shape index (κ3) is 4.59. The van der Waals surface area contributed by atoms with E-state index in [0.717, 1.165) is 6.07 Å². The van der Waals surface area contributed by atoms with Crippen molar-refractivity contribution >= 4 is 27.7 Å². The molecule has 1 N–H and O–H groups in total. The van der Waals surface area contributed by atoms with Gasteiger partial charge in [0.05, 0.1) is 11.5 Å². The number of rotatable bonds is 2. The van der Waals surface area contributed by atoms with Crippen molar-refractivity contribution in [2.75, 3.05) is 18.0 Å². The van der Waals surface area contributed by atoms with E-state index in [9.17, 15) is 18.0 Å². The third-order valence-electron chi connectivity index (χ3n) is 3.50. The van der Waals surface area contributed by atoms with Gasteiger partial charge in [0.1, 0.15) is 5.82 Å². The van der Waals surface area contributed by atoms with Gasteiger partial charge in [-0.25, -0.2) is 4.98 Å². The number of alkyl halides is 3. The number of carbonyl (C=O) groups is 1. The maximum absolute atomic E-state index is 13.2. The maximum Gasteiger partial charge on any atom is 0.419 e. The maximum atomic E-state index is 13.2. The predicted octanol–water partition coefficient (Wildman–Crippen LogP) is 3.60. The molecule has 1 aromatic heterocycles. The summed E-state index contributed by atoms with van der Waals surface area (Å²) in [6, 6.07) is 1.02. The molecule has 0 saturated carbocycles. The molecule has 0 aromatic carbocycles. The smallest absolute Gasteiger partial charge is 0.355 e. The molecule has 23 heavy (non-hydrogen) atoms. The Kier molecular flexibility index (Phi) is 4.94. The number of pyridine rings is 1. The number of hydrogen-bond donors (Lipinski definition) is 1. The molecule has 1 aliphatic rings. The summed E-state index contributed by atoms with van der Waals surface area (Å²) in [6.45, 7) is 6.22. The molecule has 0 aliphatic carbocycles. The van der Waals surface area contributed by atoms with Gasteiger partial charge in [0.2, 0.25) is 5.91 Å². The van der Waals surface area contributed by atoms with Crippen molar-refractivity contribution in [2.24, 2.45) is 5.92 Å². The Morgan fingerprint density at radius 2 is 2.04 bits per heavy atom. The highest BCUT2D eigenvalue weighted by atomic mass is 79.9. The Hall–Kier alpha value is -1.31. The molecular weight excluding hydrogens is 375 g/mol. The van der Waals surface area contributed by atoms with Crippen molar-refractivity contribution in [1.82, 2.24) is 10.3 Å². The van der Waals surface area contributed by atoms with Gasteiger partial charge in [-0.2, -0.15) is 13.2 Å². The van der Waals surface area contributed by atoms with Crippen LogP contribution in [-0.2, 0) is 11.0 Å². The SMILES string of the molecule is CC(C)(C)NC(=O)C1CCN(c2ncc(Br)cc2C(F)(F)F)C1. The van der Waals surface area contributed by atoms with Crippen LogP contribution in [0, 0.1) is 5.92 Å². The van der Waals surface area contributed by atoms with Crippen LogP contribution >= 0.6 is 15.9 Å². The van der Waals surface area contributed by atoms with E-state index in [2.05, 4.69) is 26.2 Å². The van der Waals surface area contributed by atoms with Crippen molar-refractivity contribution in [3.63, 3.8) is 0 Å². The average Bonchev–Trinajstić information content (AvgIpc) is 2.85. The first-order chi connectivity index (χ1) is 10.5. The molecule has 1 aromatic rings. The van der Waals surface area contributed by atoms with E-state index in [0.29, 0.717) is 13.0 Å². The van der Waals surface area contributed by atoms with Crippen LogP contribution in [0.3, 0.4) is 0 Å². The lowest BCUT2D eigenvalue weighted by Crippen LogP contribution is -2.44. The van der Waals surface area contributed by atoms with Crippen molar-refractivity contribution in [3.05, 3.63) is 22.3 Å². The molecule has 1 amide bonds. The topological polar surface area (TPSA) is 45.2 Å². The van der Waals surface area contributed by atoms with Crippen LogP contribution < -0.4 is 10.2 Å².